The molecular formula is C14H22ClNO2. The third-order valence-electron chi connectivity index (χ3n) is 3.49. The molecule has 102 valence electrons. The van der Waals surface area contributed by atoms with Crippen molar-refractivity contribution in [1.29, 1.82) is 0 Å². The van der Waals surface area contributed by atoms with Gasteiger partial charge in [0.05, 0.1) is 0 Å². The molecule has 0 saturated carbocycles. The molecule has 1 atom stereocenters. The van der Waals surface area contributed by atoms with Gasteiger partial charge in [0.2, 0.25) is 0 Å². The lowest BCUT2D eigenvalue weighted by Crippen LogP contribution is -2.35. The SMILES string of the molecule is CCCCNC1CCc2cc(O)c(O)cc2C1.Cl. The first kappa shape index (κ1) is 15.1. The monoisotopic (exact) mass is 271 g/mol. The second-order valence-corrected chi connectivity index (χ2v) is 4.86. The molecule has 1 aromatic rings. The number of phenolic OH excluding ortho intramolecular Hbond substituents is 2. The summed E-state index contributed by atoms with van der Waals surface area (Å²) in [6.45, 7) is 3.26. The fourth-order valence-electron chi connectivity index (χ4n) is 2.44. The molecule has 0 spiro atoms. The number of rotatable bonds is 4. The smallest absolute Gasteiger partial charge is 0.157 e. The number of halogens is 1. The van der Waals surface area contributed by atoms with E-state index in [1.807, 2.05) is 0 Å². The van der Waals surface area contributed by atoms with Gasteiger partial charge in [-0.15, -0.1) is 12.4 Å². The Labute approximate surface area is 115 Å². The van der Waals surface area contributed by atoms with Crippen LogP contribution in [0.15, 0.2) is 12.1 Å². The Morgan fingerprint density at radius 2 is 1.89 bits per heavy atom. The van der Waals surface area contributed by atoms with Gasteiger partial charge in [0, 0.05) is 6.04 Å². The van der Waals surface area contributed by atoms with E-state index in [1.165, 1.54) is 24.0 Å². The molecule has 1 unspecified atom stereocenters. The molecule has 4 heteroatoms. The van der Waals surface area contributed by atoms with E-state index in [1.54, 1.807) is 12.1 Å². The zero-order valence-electron chi connectivity index (χ0n) is 10.8. The number of aromatic hydroxyl groups is 2. The Kier molecular flexibility index (Phi) is 5.76. The molecule has 2 rings (SSSR count). The molecule has 1 aliphatic rings. The molecule has 0 heterocycles. The van der Waals surface area contributed by atoms with Crippen molar-refractivity contribution in [3.8, 4) is 11.5 Å². The van der Waals surface area contributed by atoms with Gasteiger partial charge < -0.3 is 15.5 Å². The number of unbranched alkanes of at least 4 members (excludes halogenated alkanes) is 1. The van der Waals surface area contributed by atoms with Crippen LogP contribution < -0.4 is 5.32 Å². The molecule has 0 saturated heterocycles. The summed E-state index contributed by atoms with van der Waals surface area (Å²) in [5.41, 5.74) is 2.34. The first-order valence-corrected chi connectivity index (χ1v) is 6.47. The van der Waals surface area contributed by atoms with Crippen LogP contribution in [0.25, 0.3) is 0 Å². The maximum absolute atomic E-state index is 9.51. The summed E-state index contributed by atoms with van der Waals surface area (Å²) < 4.78 is 0. The molecule has 0 fully saturated rings. The Morgan fingerprint density at radius 1 is 1.22 bits per heavy atom. The Morgan fingerprint density at radius 3 is 2.56 bits per heavy atom. The van der Waals surface area contributed by atoms with Crippen molar-refractivity contribution in [2.24, 2.45) is 0 Å². The number of fused-ring (bicyclic) bond motifs is 1. The van der Waals surface area contributed by atoms with Gasteiger partial charge >= 0.3 is 0 Å². The average molecular weight is 272 g/mol. The number of aryl methyl sites for hydroxylation is 1. The van der Waals surface area contributed by atoms with Gasteiger partial charge in [0.25, 0.3) is 0 Å². The summed E-state index contributed by atoms with van der Waals surface area (Å²) in [6, 6.07) is 3.92. The number of hydrogen-bond acceptors (Lipinski definition) is 3. The first-order valence-electron chi connectivity index (χ1n) is 6.47. The quantitative estimate of drug-likeness (QED) is 0.583. The molecule has 18 heavy (non-hydrogen) atoms. The van der Waals surface area contributed by atoms with Crippen LogP contribution in [0.2, 0.25) is 0 Å². The summed E-state index contributed by atoms with van der Waals surface area (Å²) in [6.07, 6.45) is 5.47. The zero-order valence-corrected chi connectivity index (χ0v) is 11.6. The van der Waals surface area contributed by atoms with Crippen LogP contribution >= 0.6 is 12.4 Å². The third-order valence-corrected chi connectivity index (χ3v) is 3.49. The van der Waals surface area contributed by atoms with Crippen LogP contribution in [0.4, 0.5) is 0 Å². The van der Waals surface area contributed by atoms with Gasteiger partial charge in [-0.2, -0.15) is 0 Å². The maximum atomic E-state index is 9.51. The molecule has 1 aliphatic carbocycles. The van der Waals surface area contributed by atoms with Gasteiger partial charge in [0.1, 0.15) is 0 Å². The second kappa shape index (κ2) is 6.86. The van der Waals surface area contributed by atoms with Crippen LogP contribution in [-0.4, -0.2) is 22.8 Å². The Hall–Kier alpha value is -0.930. The van der Waals surface area contributed by atoms with Crippen LogP contribution in [0, 0.1) is 0 Å². The van der Waals surface area contributed by atoms with E-state index in [0.717, 1.165) is 25.8 Å². The van der Waals surface area contributed by atoms with E-state index >= 15 is 0 Å². The summed E-state index contributed by atoms with van der Waals surface area (Å²) in [4.78, 5) is 0. The topological polar surface area (TPSA) is 52.5 Å². The maximum Gasteiger partial charge on any atom is 0.157 e. The van der Waals surface area contributed by atoms with E-state index < -0.39 is 0 Å². The number of nitrogens with one attached hydrogen (secondary N) is 1. The van der Waals surface area contributed by atoms with Gasteiger partial charge in [0.15, 0.2) is 11.5 Å². The summed E-state index contributed by atoms with van der Waals surface area (Å²) in [5.74, 6) is -0.000833. The van der Waals surface area contributed by atoms with Crippen molar-refractivity contribution in [3.05, 3.63) is 23.3 Å². The molecule has 3 nitrogen and oxygen atoms in total. The predicted octanol–water partition coefficient (Wildman–Crippen LogP) is 2.77. The standard InChI is InChI=1S/C14H21NO2.ClH/c1-2-3-6-15-12-5-4-10-8-13(16)14(17)9-11(10)7-12;/h8-9,12,15-17H,2-7H2,1H3;1H. The Bertz CT molecular complexity index is 396. The zero-order chi connectivity index (χ0) is 12.3. The molecular weight excluding hydrogens is 250 g/mol. The van der Waals surface area contributed by atoms with E-state index in [4.69, 9.17) is 0 Å². The lowest BCUT2D eigenvalue weighted by atomic mass is 9.88. The van der Waals surface area contributed by atoms with Crippen molar-refractivity contribution in [2.75, 3.05) is 6.54 Å². The van der Waals surface area contributed by atoms with E-state index in [0.29, 0.717) is 6.04 Å². The summed E-state index contributed by atoms with van der Waals surface area (Å²) in [7, 11) is 0. The Balaban J connectivity index is 0.00000162. The molecule has 0 amide bonds. The molecule has 0 bridgehead atoms. The minimum Gasteiger partial charge on any atom is -0.504 e. The van der Waals surface area contributed by atoms with Crippen LogP contribution in [-0.2, 0) is 12.8 Å². The van der Waals surface area contributed by atoms with Crippen LogP contribution in [0.1, 0.15) is 37.3 Å². The molecule has 0 aromatic heterocycles. The van der Waals surface area contributed by atoms with Crippen molar-refractivity contribution >= 4 is 12.4 Å². The summed E-state index contributed by atoms with van der Waals surface area (Å²) in [5, 5.41) is 22.5. The molecule has 1 aromatic carbocycles. The van der Waals surface area contributed by atoms with Gasteiger partial charge in [-0.25, -0.2) is 0 Å². The van der Waals surface area contributed by atoms with Crippen molar-refractivity contribution in [1.82, 2.24) is 5.32 Å². The minimum absolute atomic E-state index is 0. The van der Waals surface area contributed by atoms with Crippen molar-refractivity contribution < 1.29 is 10.2 Å². The predicted molar refractivity (Wildman–Crippen MR) is 75.7 cm³/mol. The highest BCUT2D eigenvalue weighted by Crippen LogP contribution is 2.32. The lowest BCUT2D eigenvalue weighted by molar-refractivity contribution is 0.398. The first-order chi connectivity index (χ1) is 8.20. The van der Waals surface area contributed by atoms with E-state index in [2.05, 4.69) is 12.2 Å². The lowest BCUT2D eigenvalue weighted by Gasteiger charge is -2.26. The molecule has 3 N–H and O–H groups in total. The number of phenols is 2. The van der Waals surface area contributed by atoms with Crippen molar-refractivity contribution in [2.45, 2.75) is 45.1 Å². The van der Waals surface area contributed by atoms with Crippen molar-refractivity contribution in [3.63, 3.8) is 0 Å². The third kappa shape index (κ3) is 3.53. The minimum atomic E-state index is -0.00189. The van der Waals surface area contributed by atoms with Crippen LogP contribution in [0.5, 0.6) is 11.5 Å². The normalized spacial score (nSPS) is 17.9. The van der Waals surface area contributed by atoms with E-state index in [9.17, 15) is 10.2 Å². The highest BCUT2D eigenvalue weighted by molar-refractivity contribution is 5.85. The summed E-state index contributed by atoms with van der Waals surface area (Å²) >= 11 is 0. The largest absolute Gasteiger partial charge is 0.504 e. The second-order valence-electron chi connectivity index (χ2n) is 4.86. The van der Waals surface area contributed by atoms with Gasteiger partial charge in [-0.1, -0.05) is 13.3 Å². The van der Waals surface area contributed by atoms with E-state index in [-0.39, 0.29) is 23.9 Å². The fraction of sp³-hybridized carbons (Fsp3) is 0.571. The highest BCUT2D eigenvalue weighted by atomic mass is 35.5. The average Bonchev–Trinajstić information content (AvgIpc) is 2.31. The van der Waals surface area contributed by atoms with Gasteiger partial charge in [-0.05, 0) is 55.5 Å². The molecule has 0 aliphatic heterocycles. The van der Waals surface area contributed by atoms with Gasteiger partial charge in [-0.3, -0.25) is 0 Å². The van der Waals surface area contributed by atoms with Crippen LogP contribution in [0.3, 0.4) is 0 Å². The number of benzene rings is 1. The molecule has 0 radical (unpaired) electrons. The number of hydrogen-bond donors (Lipinski definition) is 3. The fourth-order valence-corrected chi connectivity index (χ4v) is 2.44. The highest BCUT2D eigenvalue weighted by Gasteiger charge is 2.19.